The first kappa shape index (κ1) is 15.6. The van der Waals surface area contributed by atoms with Crippen LogP contribution in [0.25, 0.3) is 0 Å². The van der Waals surface area contributed by atoms with Gasteiger partial charge in [-0.3, -0.25) is 4.79 Å². The molecular formula is C18H25NO2. The van der Waals surface area contributed by atoms with Crippen LogP contribution in [0.15, 0.2) is 29.8 Å². The van der Waals surface area contributed by atoms with Crippen LogP contribution in [-0.2, 0) is 4.79 Å². The molecule has 1 N–H and O–H groups in total. The van der Waals surface area contributed by atoms with Gasteiger partial charge in [-0.25, -0.2) is 0 Å². The molecular weight excluding hydrogens is 262 g/mol. The van der Waals surface area contributed by atoms with Gasteiger partial charge in [0.05, 0.1) is 0 Å². The average molecular weight is 287 g/mol. The maximum atomic E-state index is 12.1. The molecule has 0 aromatic heterocycles. The lowest BCUT2D eigenvalue weighted by Crippen LogP contribution is -2.37. The van der Waals surface area contributed by atoms with E-state index >= 15 is 0 Å². The molecule has 1 aromatic rings. The van der Waals surface area contributed by atoms with E-state index in [1.54, 1.807) is 6.92 Å². The molecule has 3 nitrogen and oxygen atoms in total. The zero-order valence-corrected chi connectivity index (χ0v) is 13.2. The molecule has 1 amide bonds. The molecule has 1 aromatic carbocycles. The Morgan fingerprint density at radius 3 is 2.81 bits per heavy atom. The van der Waals surface area contributed by atoms with E-state index in [9.17, 15) is 4.79 Å². The highest BCUT2D eigenvalue weighted by Gasteiger charge is 2.16. The predicted molar refractivity (Wildman–Crippen MR) is 85.6 cm³/mol. The van der Waals surface area contributed by atoms with Crippen molar-refractivity contribution in [3.63, 3.8) is 0 Å². The molecule has 1 aliphatic carbocycles. The molecule has 1 aliphatic rings. The average Bonchev–Trinajstić information content (AvgIpc) is 2.48. The third kappa shape index (κ3) is 4.62. The minimum atomic E-state index is -0.476. The monoisotopic (exact) mass is 287 g/mol. The van der Waals surface area contributed by atoms with Gasteiger partial charge in [0, 0.05) is 6.54 Å². The van der Waals surface area contributed by atoms with Crippen LogP contribution in [0.2, 0.25) is 0 Å². The molecule has 0 aliphatic heterocycles. The summed E-state index contributed by atoms with van der Waals surface area (Å²) >= 11 is 0. The Morgan fingerprint density at radius 2 is 2.14 bits per heavy atom. The Balaban J connectivity index is 1.85. The van der Waals surface area contributed by atoms with E-state index in [1.807, 2.05) is 26.0 Å². The molecule has 3 heteroatoms. The van der Waals surface area contributed by atoms with Gasteiger partial charge >= 0.3 is 0 Å². The Kier molecular flexibility index (Phi) is 5.43. The number of nitrogens with one attached hydrogen (secondary N) is 1. The number of amides is 1. The van der Waals surface area contributed by atoms with E-state index in [1.165, 1.54) is 24.0 Å². The Morgan fingerprint density at radius 1 is 1.33 bits per heavy atom. The van der Waals surface area contributed by atoms with Crippen LogP contribution in [0.1, 0.15) is 43.7 Å². The summed E-state index contributed by atoms with van der Waals surface area (Å²) in [6, 6.07) is 5.99. The lowest BCUT2D eigenvalue weighted by molar-refractivity contribution is -0.127. The topological polar surface area (TPSA) is 38.3 Å². The van der Waals surface area contributed by atoms with Crippen LogP contribution in [0.5, 0.6) is 5.75 Å². The second-order valence-electron chi connectivity index (χ2n) is 5.85. The van der Waals surface area contributed by atoms with Crippen molar-refractivity contribution in [3.8, 4) is 5.75 Å². The molecule has 0 fully saturated rings. The number of aryl methyl sites for hydroxylation is 2. The molecule has 0 spiro atoms. The van der Waals surface area contributed by atoms with Crippen molar-refractivity contribution in [1.82, 2.24) is 5.32 Å². The summed E-state index contributed by atoms with van der Waals surface area (Å²) < 4.78 is 5.77. The molecule has 0 saturated carbocycles. The minimum Gasteiger partial charge on any atom is -0.481 e. The number of hydrogen-bond donors (Lipinski definition) is 1. The van der Waals surface area contributed by atoms with Crippen molar-refractivity contribution >= 4 is 5.91 Å². The van der Waals surface area contributed by atoms with E-state index in [4.69, 9.17) is 4.74 Å². The third-order valence-electron chi connectivity index (χ3n) is 3.88. The van der Waals surface area contributed by atoms with Gasteiger partial charge in [-0.05, 0) is 58.1 Å². The highest BCUT2D eigenvalue weighted by atomic mass is 16.5. The van der Waals surface area contributed by atoms with Crippen LogP contribution in [0, 0.1) is 13.8 Å². The maximum Gasteiger partial charge on any atom is 0.261 e. The van der Waals surface area contributed by atoms with Gasteiger partial charge in [0.1, 0.15) is 5.75 Å². The van der Waals surface area contributed by atoms with E-state index in [0.29, 0.717) is 6.54 Å². The zero-order valence-electron chi connectivity index (χ0n) is 13.2. The second-order valence-corrected chi connectivity index (χ2v) is 5.85. The lowest BCUT2D eigenvalue weighted by atomic mass is 10.00. The molecule has 21 heavy (non-hydrogen) atoms. The van der Waals surface area contributed by atoms with Crippen LogP contribution in [0.4, 0.5) is 0 Å². The summed E-state index contributed by atoms with van der Waals surface area (Å²) in [5, 5.41) is 2.97. The van der Waals surface area contributed by atoms with Crippen molar-refractivity contribution in [1.29, 1.82) is 0 Å². The standard InChI is InChI=1S/C18H25NO2/c1-13-9-10-17(14(2)11-13)21-15(3)18(20)19-12-16-7-5-4-6-8-16/h7,9-11,15H,4-6,8,12H2,1-3H3,(H,19,20). The van der Waals surface area contributed by atoms with Crippen molar-refractivity contribution in [2.45, 2.75) is 52.6 Å². The summed E-state index contributed by atoms with van der Waals surface area (Å²) in [7, 11) is 0. The van der Waals surface area contributed by atoms with Crippen LogP contribution in [-0.4, -0.2) is 18.6 Å². The van der Waals surface area contributed by atoms with Crippen molar-refractivity contribution in [2.75, 3.05) is 6.54 Å². The van der Waals surface area contributed by atoms with E-state index in [-0.39, 0.29) is 5.91 Å². The minimum absolute atomic E-state index is 0.0542. The first-order valence-electron chi connectivity index (χ1n) is 7.76. The quantitative estimate of drug-likeness (QED) is 0.839. The normalized spacial score (nSPS) is 16.0. The molecule has 0 saturated heterocycles. The first-order valence-corrected chi connectivity index (χ1v) is 7.76. The fourth-order valence-electron chi connectivity index (χ4n) is 2.59. The van der Waals surface area contributed by atoms with E-state index in [2.05, 4.69) is 17.5 Å². The number of carbonyl (C=O) groups is 1. The third-order valence-corrected chi connectivity index (χ3v) is 3.88. The Hall–Kier alpha value is -1.77. The number of rotatable bonds is 5. The van der Waals surface area contributed by atoms with Gasteiger partial charge in [-0.15, -0.1) is 0 Å². The largest absolute Gasteiger partial charge is 0.481 e. The number of allylic oxidation sites excluding steroid dienone is 1. The molecule has 0 bridgehead atoms. The van der Waals surface area contributed by atoms with Crippen molar-refractivity contribution in [2.24, 2.45) is 0 Å². The SMILES string of the molecule is Cc1ccc(OC(C)C(=O)NCC2=CCCCC2)c(C)c1. The second kappa shape index (κ2) is 7.30. The predicted octanol–water partition coefficient (Wildman–Crippen LogP) is 3.69. The fraction of sp³-hybridized carbons (Fsp3) is 0.500. The summed E-state index contributed by atoms with van der Waals surface area (Å²) in [5.41, 5.74) is 3.60. The van der Waals surface area contributed by atoms with Crippen LogP contribution < -0.4 is 10.1 Å². The van der Waals surface area contributed by atoms with Gasteiger partial charge in [-0.2, -0.15) is 0 Å². The molecule has 0 radical (unpaired) electrons. The molecule has 0 heterocycles. The van der Waals surface area contributed by atoms with Gasteiger partial charge in [-0.1, -0.05) is 29.3 Å². The Bertz CT molecular complexity index is 534. The number of benzene rings is 1. The molecule has 1 atom stereocenters. The van der Waals surface area contributed by atoms with Gasteiger partial charge in [0.15, 0.2) is 6.10 Å². The van der Waals surface area contributed by atoms with Gasteiger partial charge in [0.25, 0.3) is 5.91 Å². The van der Waals surface area contributed by atoms with Gasteiger partial charge < -0.3 is 10.1 Å². The fourth-order valence-corrected chi connectivity index (χ4v) is 2.59. The van der Waals surface area contributed by atoms with Crippen LogP contribution in [0.3, 0.4) is 0 Å². The highest BCUT2D eigenvalue weighted by molar-refractivity contribution is 5.81. The maximum absolute atomic E-state index is 12.1. The van der Waals surface area contributed by atoms with E-state index < -0.39 is 6.10 Å². The first-order chi connectivity index (χ1) is 10.1. The van der Waals surface area contributed by atoms with Crippen molar-refractivity contribution < 1.29 is 9.53 Å². The Labute approximate surface area is 127 Å². The zero-order chi connectivity index (χ0) is 15.2. The summed E-state index contributed by atoms with van der Waals surface area (Å²) in [5.74, 6) is 0.724. The van der Waals surface area contributed by atoms with Crippen LogP contribution >= 0.6 is 0 Å². The number of carbonyl (C=O) groups excluding carboxylic acids is 1. The highest BCUT2D eigenvalue weighted by Crippen LogP contribution is 2.20. The molecule has 2 rings (SSSR count). The molecule has 114 valence electrons. The summed E-state index contributed by atoms with van der Waals surface area (Å²) in [6.07, 6.45) is 6.52. The lowest BCUT2D eigenvalue weighted by Gasteiger charge is -2.18. The molecule has 1 unspecified atom stereocenters. The number of ether oxygens (including phenoxy) is 1. The van der Waals surface area contributed by atoms with Gasteiger partial charge in [0.2, 0.25) is 0 Å². The summed E-state index contributed by atoms with van der Waals surface area (Å²) in [4.78, 5) is 12.1. The smallest absolute Gasteiger partial charge is 0.261 e. The number of hydrogen-bond acceptors (Lipinski definition) is 2. The summed E-state index contributed by atoms with van der Waals surface area (Å²) in [6.45, 7) is 6.49. The van der Waals surface area contributed by atoms with Crippen molar-refractivity contribution in [3.05, 3.63) is 41.0 Å². The van der Waals surface area contributed by atoms with E-state index in [0.717, 1.165) is 24.2 Å².